The SMILES string of the molecule is Cc1ccc(-c2nnn(CC(=O)N(C3CCCC3)[C@H](C(=O)NC3CCCC3)c3ccncc3)n2)o1. The van der Waals surface area contributed by atoms with Crippen LogP contribution in [0.5, 0.6) is 0 Å². The number of hydrogen-bond acceptors (Lipinski definition) is 7. The van der Waals surface area contributed by atoms with Crippen molar-refractivity contribution in [3.05, 3.63) is 48.0 Å². The Hall–Kier alpha value is -3.56. The van der Waals surface area contributed by atoms with E-state index in [1.807, 2.05) is 25.1 Å². The zero-order chi connectivity index (χ0) is 24.2. The van der Waals surface area contributed by atoms with Crippen LogP contribution in [0.2, 0.25) is 0 Å². The number of hydrogen-bond donors (Lipinski definition) is 1. The van der Waals surface area contributed by atoms with E-state index in [2.05, 4.69) is 25.7 Å². The summed E-state index contributed by atoms with van der Waals surface area (Å²) in [5.74, 6) is 1.22. The highest BCUT2D eigenvalue weighted by atomic mass is 16.3. The number of nitrogens with zero attached hydrogens (tertiary/aromatic N) is 6. The van der Waals surface area contributed by atoms with Crippen LogP contribution < -0.4 is 5.32 Å². The van der Waals surface area contributed by atoms with Gasteiger partial charge in [0.25, 0.3) is 0 Å². The zero-order valence-electron chi connectivity index (χ0n) is 20.0. The molecule has 2 aliphatic carbocycles. The van der Waals surface area contributed by atoms with E-state index in [4.69, 9.17) is 4.42 Å². The second-order valence-corrected chi connectivity index (χ2v) is 9.47. The van der Waals surface area contributed by atoms with Crippen molar-refractivity contribution >= 4 is 11.8 Å². The first-order valence-corrected chi connectivity index (χ1v) is 12.4. The zero-order valence-corrected chi connectivity index (χ0v) is 20.0. The molecule has 3 heterocycles. The fourth-order valence-electron chi connectivity index (χ4n) is 5.24. The minimum atomic E-state index is -0.732. The summed E-state index contributed by atoms with van der Waals surface area (Å²) < 4.78 is 5.57. The van der Waals surface area contributed by atoms with Crippen LogP contribution in [0.4, 0.5) is 0 Å². The van der Waals surface area contributed by atoms with Gasteiger partial charge in [-0.05, 0) is 67.6 Å². The van der Waals surface area contributed by atoms with Gasteiger partial charge in [-0.3, -0.25) is 14.6 Å². The monoisotopic (exact) mass is 477 g/mol. The van der Waals surface area contributed by atoms with E-state index >= 15 is 0 Å². The van der Waals surface area contributed by atoms with Crippen molar-refractivity contribution in [1.29, 1.82) is 0 Å². The molecule has 3 aromatic heterocycles. The molecule has 2 amide bonds. The van der Waals surface area contributed by atoms with Crippen molar-refractivity contribution in [2.24, 2.45) is 0 Å². The van der Waals surface area contributed by atoms with Crippen LogP contribution in [-0.4, -0.2) is 54.0 Å². The molecule has 0 bridgehead atoms. The quantitative estimate of drug-likeness (QED) is 0.529. The van der Waals surface area contributed by atoms with E-state index in [0.29, 0.717) is 11.6 Å². The average Bonchev–Trinajstić information content (AvgIpc) is 3.66. The second kappa shape index (κ2) is 10.4. The van der Waals surface area contributed by atoms with Gasteiger partial charge in [0.1, 0.15) is 18.3 Å². The maximum absolute atomic E-state index is 13.8. The molecule has 35 heavy (non-hydrogen) atoms. The number of aromatic nitrogens is 5. The lowest BCUT2D eigenvalue weighted by molar-refractivity contribution is -0.144. The molecular weight excluding hydrogens is 446 g/mol. The Morgan fingerprint density at radius 3 is 2.49 bits per heavy atom. The first-order chi connectivity index (χ1) is 17.1. The van der Waals surface area contributed by atoms with Crippen molar-refractivity contribution in [3.8, 4) is 11.6 Å². The Kier molecular flexibility index (Phi) is 6.87. The molecule has 1 atom stereocenters. The topological polar surface area (TPSA) is 119 Å². The number of tetrazole rings is 1. The number of aryl methyl sites for hydroxylation is 1. The van der Waals surface area contributed by atoms with Gasteiger partial charge in [0.2, 0.25) is 17.6 Å². The average molecular weight is 478 g/mol. The van der Waals surface area contributed by atoms with Gasteiger partial charge in [0, 0.05) is 24.5 Å². The highest BCUT2D eigenvalue weighted by molar-refractivity contribution is 5.89. The number of nitrogens with one attached hydrogen (secondary N) is 1. The van der Waals surface area contributed by atoms with Crippen molar-refractivity contribution in [2.75, 3.05) is 0 Å². The summed E-state index contributed by atoms with van der Waals surface area (Å²) >= 11 is 0. The number of amides is 2. The lowest BCUT2D eigenvalue weighted by Gasteiger charge is -2.36. The third-order valence-electron chi connectivity index (χ3n) is 6.95. The molecule has 3 aromatic rings. The van der Waals surface area contributed by atoms with Gasteiger partial charge in [-0.25, -0.2) is 0 Å². The van der Waals surface area contributed by atoms with Crippen molar-refractivity contribution in [3.63, 3.8) is 0 Å². The Morgan fingerprint density at radius 2 is 1.80 bits per heavy atom. The second-order valence-electron chi connectivity index (χ2n) is 9.47. The van der Waals surface area contributed by atoms with Gasteiger partial charge in [-0.2, -0.15) is 4.80 Å². The minimum Gasteiger partial charge on any atom is -0.458 e. The fraction of sp³-hybridized carbons (Fsp3) is 0.520. The Bertz CT molecular complexity index is 1150. The third-order valence-corrected chi connectivity index (χ3v) is 6.95. The predicted molar refractivity (Wildman–Crippen MR) is 127 cm³/mol. The molecule has 0 unspecified atom stereocenters. The molecule has 0 saturated heterocycles. The number of carbonyl (C=O) groups is 2. The van der Waals surface area contributed by atoms with Crippen LogP contribution in [0.15, 0.2) is 41.1 Å². The van der Waals surface area contributed by atoms with Crippen LogP contribution in [0.1, 0.15) is 68.7 Å². The minimum absolute atomic E-state index is 0.0225. The molecule has 2 fully saturated rings. The first kappa shape index (κ1) is 23.2. The van der Waals surface area contributed by atoms with Gasteiger partial charge in [-0.15, -0.1) is 10.2 Å². The molecular formula is C25H31N7O3. The van der Waals surface area contributed by atoms with E-state index in [1.54, 1.807) is 23.4 Å². The van der Waals surface area contributed by atoms with Gasteiger partial charge >= 0.3 is 0 Å². The summed E-state index contributed by atoms with van der Waals surface area (Å²) in [6.45, 7) is 1.73. The third kappa shape index (κ3) is 5.26. The van der Waals surface area contributed by atoms with Crippen molar-refractivity contribution < 1.29 is 14.0 Å². The van der Waals surface area contributed by atoms with Crippen LogP contribution in [0.3, 0.4) is 0 Å². The number of furan rings is 1. The molecule has 2 aliphatic rings. The number of carbonyl (C=O) groups excluding carboxylic acids is 2. The van der Waals surface area contributed by atoms with Crippen LogP contribution in [0, 0.1) is 6.92 Å². The Labute approximate surface area is 204 Å². The van der Waals surface area contributed by atoms with Crippen LogP contribution >= 0.6 is 0 Å². The molecule has 5 rings (SSSR count). The van der Waals surface area contributed by atoms with E-state index in [0.717, 1.165) is 62.7 Å². The van der Waals surface area contributed by atoms with Gasteiger partial charge in [0.05, 0.1) is 0 Å². The summed E-state index contributed by atoms with van der Waals surface area (Å²) in [5.41, 5.74) is 0.758. The molecule has 184 valence electrons. The fourth-order valence-corrected chi connectivity index (χ4v) is 5.24. The summed E-state index contributed by atoms with van der Waals surface area (Å²) in [6, 6.07) is 6.64. The number of pyridine rings is 1. The van der Waals surface area contributed by atoms with Gasteiger partial charge in [0.15, 0.2) is 5.76 Å². The van der Waals surface area contributed by atoms with Crippen LogP contribution in [0.25, 0.3) is 11.6 Å². The highest BCUT2D eigenvalue weighted by Crippen LogP contribution is 2.32. The molecule has 0 aromatic carbocycles. The van der Waals surface area contributed by atoms with Crippen molar-refractivity contribution in [1.82, 2.24) is 35.4 Å². The van der Waals surface area contributed by atoms with E-state index < -0.39 is 6.04 Å². The van der Waals surface area contributed by atoms with E-state index in [1.165, 1.54) is 4.80 Å². The maximum atomic E-state index is 13.8. The van der Waals surface area contributed by atoms with Crippen LogP contribution in [-0.2, 0) is 16.1 Å². The lowest BCUT2D eigenvalue weighted by Crippen LogP contribution is -2.50. The molecule has 1 N–H and O–H groups in total. The predicted octanol–water partition coefficient (Wildman–Crippen LogP) is 3.21. The van der Waals surface area contributed by atoms with E-state index in [9.17, 15) is 9.59 Å². The van der Waals surface area contributed by atoms with Gasteiger partial charge < -0.3 is 14.6 Å². The van der Waals surface area contributed by atoms with E-state index in [-0.39, 0.29) is 30.4 Å². The lowest BCUT2D eigenvalue weighted by atomic mass is 10.0. The van der Waals surface area contributed by atoms with Gasteiger partial charge in [-0.1, -0.05) is 25.7 Å². The normalized spacial score (nSPS) is 17.5. The molecule has 10 heteroatoms. The molecule has 0 aliphatic heterocycles. The molecule has 10 nitrogen and oxygen atoms in total. The largest absolute Gasteiger partial charge is 0.458 e. The summed E-state index contributed by atoms with van der Waals surface area (Å²) in [6.07, 6.45) is 11.3. The molecule has 0 spiro atoms. The van der Waals surface area contributed by atoms with Crippen molar-refractivity contribution in [2.45, 2.75) is 83.0 Å². The highest BCUT2D eigenvalue weighted by Gasteiger charge is 2.38. The standard InChI is InChI=1S/C25H31N7O3/c1-17-10-11-21(35-17)24-28-30-31(29-24)16-22(33)32(20-8-4-5-9-20)23(18-12-14-26-15-13-18)25(34)27-19-6-2-3-7-19/h10-15,19-20,23H,2-9,16H2,1H3,(H,27,34)/t23-/m0/s1. The summed E-state index contributed by atoms with van der Waals surface area (Å²) in [4.78, 5) is 34.6. The molecule has 2 saturated carbocycles. The first-order valence-electron chi connectivity index (χ1n) is 12.4. The molecule has 0 radical (unpaired) electrons. The smallest absolute Gasteiger partial charge is 0.247 e. The number of rotatable bonds is 8. The Balaban J connectivity index is 1.42. The maximum Gasteiger partial charge on any atom is 0.247 e. The summed E-state index contributed by atoms with van der Waals surface area (Å²) in [5, 5.41) is 15.7. The summed E-state index contributed by atoms with van der Waals surface area (Å²) in [7, 11) is 0. The Morgan fingerprint density at radius 1 is 1.09 bits per heavy atom.